The molecule has 28 heavy (non-hydrogen) atoms. The summed E-state index contributed by atoms with van der Waals surface area (Å²) in [4.78, 5) is 11.8. The van der Waals surface area contributed by atoms with Crippen LogP contribution in [0.25, 0.3) is 22.2 Å². The van der Waals surface area contributed by atoms with Gasteiger partial charge >= 0.3 is 5.97 Å². The van der Waals surface area contributed by atoms with Crippen LogP contribution in [0.3, 0.4) is 0 Å². The molecule has 0 amide bonds. The fourth-order valence-corrected chi connectivity index (χ4v) is 5.04. The first-order valence-electron chi connectivity index (χ1n) is 9.87. The maximum Gasteiger partial charge on any atom is 0.335 e. The van der Waals surface area contributed by atoms with Crippen LogP contribution in [0.4, 0.5) is 0 Å². The molecule has 0 bridgehead atoms. The molecule has 2 aliphatic rings. The number of fused-ring (bicyclic) bond motifs is 5. The van der Waals surface area contributed by atoms with Crippen molar-refractivity contribution in [2.45, 2.75) is 44.2 Å². The Hall–Kier alpha value is -2.79. The molecule has 5 rings (SSSR count). The summed E-state index contributed by atoms with van der Waals surface area (Å²) in [6.07, 6.45) is 4.90. The molecule has 0 radical (unpaired) electrons. The maximum atomic E-state index is 11.8. The van der Waals surface area contributed by atoms with E-state index in [2.05, 4.69) is 6.07 Å². The largest absolute Gasteiger partial charge is 0.496 e. The van der Waals surface area contributed by atoms with Crippen LogP contribution in [-0.2, 0) is 0 Å². The van der Waals surface area contributed by atoms with Gasteiger partial charge in [0, 0.05) is 10.9 Å². The van der Waals surface area contributed by atoms with Crippen LogP contribution in [0.1, 0.15) is 65.7 Å². The molecular formula is C23H23NO4. The van der Waals surface area contributed by atoms with Crippen LogP contribution in [0.15, 0.2) is 36.4 Å². The Labute approximate surface area is 163 Å². The molecule has 1 aromatic heterocycles. The lowest BCUT2D eigenvalue weighted by atomic mass is 9.82. The van der Waals surface area contributed by atoms with E-state index < -0.39 is 12.2 Å². The van der Waals surface area contributed by atoms with Crippen molar-refractivity contribution < 1.29 is 19.7 Å². The molecule has 3 aromatic rings. The minimum Gasteiger partial charge on any atom is -0.496 e. The third kappa shape index (κ3) is 2.39. The molecule has 1 fully saturated rings. The van der Waals surface area contributed by atoms with E-state index in [-0.39, 0.29) is 5.56 Å². The molecule has 5 heteroatoms. The minimum atomic E-state index is -0.933. The molecule has 144 valence electrons. The summed E-state index contributed by atoms with van der Waals surface area (Å²) in [6.45, 7) is 0. The first kappa shape index (κ1) is 17.3. The van der Waals surface area contributed by atoms with Crippen molar-refractivity contribution in [2.24, 2.45) is 0 Å². The normalized spacial score (nSPS) is 18.9. The minimum absolute atomic E-state index is 0.282. The lowest BCUT2D eigenvalue weighted by Crippen LogP contribution is -2.09. The van der Waals surface area contributed by atoms with E-state index >= 15 is 0 Å². The predicted molar refractivity (Wildman–Crippen MR) is 107 cm³/mol. The zero-order valence-electron chi connectivity index (χ0n) is 15.8. The Morgan fingerprint density at radius 1 is 1.14 bits per heavy atom. The van der Waals surface area contributed by atoms with Gasteiger partial charge in [-0.05, 0) is 48.6 Å². The average molecular weight is 377 g/mol. The van der Waals surface area contributed by atoms with Crippen molar-refractivity contribution in [3.05, 3.63) is 53.1 Å². The molecule has 2 N–H and O–H groups in total. The first-order chi connectivity index (χ1) is 13.6. The second-order valence-electron chi connectivity index (χ2n) is 7.83. The molecule has 2 heterocycles. The Kier molecular flexibility index (Phi) is 3.95. The van der Waals surface area contributed by atoms with Crippen LogP contribution >= 0.6 is 0 Å². The molecule has 1 aliphatic heterocycles. The highest BCUT2D eigenvalue weighted by molar-refractivity contribution is 5.99. The van der Waals surface area contributed by atoms with Gasteiger partial charge in [-0.15, -0.1) is 0 Å². The number of nitrogens with zero attached hydrogens (tertiary/aromatic N) is 1. The number of aliphatic hydroxyl groups excluding tert-OH is 1. The summed E-state index contributed by atoms with van der Waals surface area (Å²) in [5, 5.41) is 21.8. The van der Waals surface area contributed by atoms with Crippen molar-refractivity contribution in [2.75, 3.05) is 7.11 Å². The quantitative estimate of drug-likeness (QED) is 0.680. The average Bonchev–Trinajstić information content (AvgIpc) is 3.24. The van der Waals surface area contributed by atoms with E-state index in [0.29, 0.717) is 11.7 Å². The van der Waals surface area contributed by atoms with E-state index in [1.807, 2.05) is 28.8 Å². The fraction of sp³-hybridized carbons (Fsp3) is 0.348. The lowest BCUT2D eigenvalue weighted by Gasteiger charge is -2.23. The summed E-state index contributed by atoms with van der Waals surface area (Å²) in [5.41, 5.74) is 4.76. The highest BCUT2D eigenvalue weighted by Gasteiger charge is 2.33. The number of methoxy groups -OCH3 is 1. The van der Waals surface area contributed by atoms with Crippen LogP contribution < -0.4 is 4.74 Å². The van der Waals surface area contributed by atoms with Gasteiger partial charge in [0.25, 0.3) is 0 Å². The summed E-state index contributed by atoms with van der Waals surface area (Å²) in [7, 11) is 1.60. The third-order valence-corrected chi connectivity index (χ3v) is 6.35. The molecular weight excluding hydrogens is 354 g/mol. The SMILES string of the molecule is COc1cccc2c1C(O)n1c-2cc2c(C3CCCCC3)cc(C(=O)O)cc21. The smallest absolute Gasteiger partial charge is 0.335 e. The Morgan fingerprint density at radius 2 is 1.93 bits per heavy atom. The van der Waals surface area contributed by atoms with Crippen molar-refractivity contribution in [3.63, 3.8) is 0 Å². The number of ether oxygens (including phenoxy) is 1. The molecule has 1 atom stereocenters. The van der Waals surface area contributed by atoms with E-state index in [9.17, 15) is 15.0 Å². The van der Waals surface area contributed by atoms with Crippen LogP contribution in [0.2, 0.25) is 0 Å². The number of benzene rings is 2. The summed E-state index contributed by atoms with van der Waals surface area (Å²) in [5.74, 6) is 0.0847. The lowest BCUT2D eigenvalue weighted by molar-refractivity contribution is 0.0696. The van der Waals surface area contributed by atoms with Gasteiger partial charge in [-0.2, -0.15) is 0 Å². The number of aromatic carboxylic acids is 1. The number of aliphatic hydroxyl groups is 1. The van der Waals surface area contributed by atoms with Crippen molar-refractivity contribution in [1.29, 1.82) is 0 Å². The Morgan fingerprint density at radius 3 is 2.64 bits per heavy atom. The van der Waals surface area contributed by atoms with Gasteiger partial charge in [-0.25, -0.2) is 4.79 Å². The van der Waals surface area contributed by atoms with Gasteiger partial charge < -0.3 is 19.5 Å². The Balaban J connectivity index is 1.78. The Bertz CT molecular complexity index is 1090. The molecule has 0 spiro atoms. The van der Waals surface area contributed by atoms with E-state index in [1.54, 1.807) is 13.2 Å². The van der Waals surface area contributed by atoms with Crippen LogP contribution in [-0.4, -0.2) is 27.9 Å². The first-order valence-corrected chi connectivity index (χ1v) is 9.87. The number of rotatable bonds is 3. The van der Waals surface area contributed by atoms with Gasteiger partial charge in [0.05, 0.1) is 29.4 Å². The zero-order chi connectivity index (χ0) is 19.4. The topological polar surface area (TPSA) is 71.7 Å². The maximum absolute atomic E-state index is 11.8. The molecule has 1 unspecified atom stereocenters. The number of carboxylic acids is 1. The highest BCUT2D eigenvalue weighted by atomic mass is 16.5. The second-order valence-corrected chi connectivity index (χ2v) is 7.83. The number of carbonyl (C=O) groups is 1. The van der Waals surface area contributed by atoms with Crippen molar-refractivity contribution in [3.8, 4) is 17.0 Å². The van der Waals surface area contributed by atoms with E-state index in [1.165, 1.54) is 19.3 Å². The van der Waals surface area contributed by atoms with E-state index in [4.69, 9.17) is 4.74 Å². The number of hydrogen-bond acceptors (Lipinski definition) is 3. The molecule has 1 saturated carbocycles. The predicted octanol–water partition coefficient (Wildman–Crippen LogP) is 4.92. The standard InChI is InChI=1S/C23H23NO4/c1-28-20-9-5-8-15-19-12-17-16(13-6-3-2-4-7-13)10-14(23(26)27)11-18(17)24(19)22(25)21(15)20/h5,8-13,22,25H,2-4,6-7H2,1H3,(H,26,27). The fourth-order valence-electron chi connectivity index (χ4n) is 5.04. The van der Waals surface area contributed by atoms with Crippen molar-refractivity contribution >= 4 is 16.9 Å². The molecule has 1 aliphatic carbocycles. The summed E-state index contributed by atoms with van der Waals surface area (Å²) in [6, 6.07) is 11.4. The highest BCUT2D eigenvalue weighted by Crippen LogP contribution is 2.48. The summed E-state index contributed by atoms with van der Waals surface area (Å²) < 4.78 is 7.30. The zero-order valence-corrected chi connectivity index (χ0v) is 15.8. The van der Waals surface area contributed by atoms with Crippen molar-refractivity contribution in [1.82, 2.24) is 4.57 Å². The van der Waals surface area contributed by atoms with Crippen LogP contribution in [0.5, 0.6) is 5.75 Å². The number of aromatic nitrogens is 1. The van der Waals surface area contributed by atoms with Gasteiger partial charge in [0.1, 0.15) is 5.75 Å². The third-order valence-electron chi connectivity index (χ3n) is 6.35. The van der Waals surface area contributed by atoms with Gasteiger partial charge in [-0.1, -0.05) is 31.4 Å². The van der Waals surface area contributed by atoms with E-state index in [0.717, 1.165) is 46.1 Å². The van der Waals surface area contributed by atoms with Gasteiger partial charge in [-0.3, -0.25) is 0 Å². The number of hydrogen-bond donors (Lipinski definition) is 2. The molecule has 5 nitrogen and oxygen atoms in total. The number of carboxylic acid groups (broad SMARTS) is 1. The molecule has 2 aromatic carbocycles. The van der Waals surface area contributed by atoms with Crippen LogP contribution in [0, 0.1) is 0 Å². The summed E-state index contributed by atoms with van der Waals surface area (Å²) >= 11 is 0. The van der Waals surface area contributed by atoms with Gasteiger partial charge in [0.15, 0.2) is 6.23 Å². The monoisotopic (exact) mass is 377 g/mol. The second kappa shape index (κ2) is 6.38. The van der Waals surface area contributed by atoms with Gasteiger partial charge in [0.2, 0.25) is 0 Å². The molecule has 0 saturated heterocycles.